The number of nitrogens with zero attached hydrogens (tertiary/aromatic N) is 2. The molecule has 3 rings (SSSR count). The molecule has 0 atom stereocenters. The number of carbonyl (C=O) groups is 2. The highest BCUT2D eigenvalue weighted by atomic mass is 35.5. The van der Waals surface area contributed by atoms with Crippen molar-refractivity contribution in [3.8, 4) is 0 Å². The first-order chi connectivity index (χ1) is 14.0. The first kappa shape index (κ1) is 21.9. The largest absolute Gasteiger partial charge is 0.356 e. The highest BCUT2D eigenvalue weighted by Gasteiger charge is 2.27. The number of likely N-dealkylation sites (tertiary alicyclic amines) is 2. The number of piperidine rings is 2. The number of hydrogen-bond acceptors (Lipinski definition) is 3. The van der Waals surface area contributed by atoms with E-state index in [4.69, 9.17) is 11.6 Å². The van der Waals surface area contributed by atoms with Gasteiger partial charge in [0.1, 0.15) is 0 Å². The van der Waals surface area contributed by atoms with Crippen molar-refractivity contribution in [2.75, 3.05) is 44.6 Å². The lowest BCUT2D eigenvalue weighted by Gasteiger charge is -2.31. The Hall–Kier alpha value is -1.79. The van der Waals surface area contributed by atoms with Crippen LogP contribution in [0.3, 0.4) is 0 Å². The molecule has 29 heavy (non-hydrogen) atoms. The van der Waals surface area contributed by atoms with Gasteiger partial charge in [0, 0.05) is 36.3 Å². The van der Waals surface area contributed by atoms with Crippen LogP contribution in [0, 0.1) is 12.8 Å². The summed E-state index contributed by atoms with van der Waals surface area (Å²) in [4.78, 5) is 29.2. The number of nitrogens with one attached hydrogen (secondary N) is 2. The van der Waals surface area contributed by atoms with Crippen LogP contribution in [0.5, 0.6) is 0 Å². The molecule has 0 aliphatic carbocycles. The number of benzene rings is 1. The molecule has 2 heterocycles. The summed E-state index contributed by atoms with van der Waals surface area (Å²) in [6, 6.07) is 5.37. The molecule has 160 valence electrons. The summed E-state index contributed by atoms with van der Waals surface area (Å²) in [7, 11) is 0. The van der Waals surface area contributed by atoms with Crippen molar-refractivity contribution < 1.29 is 9.59 Å². The Balaban J connectivity index is 1.34. The van der Waals surface area contributed by atoms with Gasteiger partial charge < -0.3 is 20.4 Å². The number of halogens is 1. The maximum absolute atomic E-state index is 12.5. The van der Waals surface area contributed by atoms with Crippen LogP contribution in [0.15, 0.2) is 18.2 Å². The smallest absolute Gasteiger partial charge is 0.321 e. The maximum Gasteiger partial charge on any atom is 0.321 e. The van der Waals surface area contributed by atoms with Gasteiger partial charge in [-0.15, -0.1) is 0 Å². The summed E-state index contributed by atoms with van der Waals surface area (Å²) in [5, 5.41) is 6.62. The second-order valence-electron chi connectivity index (χ2n) is 8.20. The molecule has 0 unspecified atom stereocenters. The molecule has 0 bridgehead atoms. The van der Waals surface area contributed by atoms with Crippen molar-refractivity contribution in [2.45, 2.75) is 45.4 Å². The van der Waals surface area contributed by atoms with E-state index in [0.29, 0.717) is 36.6 Å². The summed E-state index contributed by atoms with van der Waals surface area (Å²) >= 11 is 6.12. The minimum Gasteiger partial charge on any atom is -0.356 e. The molecule has 2 fully saturated rings. The Morgan fingerprint density at radius 2 is 1.83 bits per heavy atom. The summed E-state index contributed by atoms with van der Waals surface area (Å²) < 4.78 is 0. The van der Waals surface area contributed by atoms with Gasteiger partial charge in [-0.3, -0.25) is 4.79 Å². The number of aryl methyl sites for hydroxylation is 1. The van der Waals surface area contributed by atoms with Crippen molar-refractivity contribution in [1.82, 2.24) is 15.1 Å². The van der Waals surface area contributed by atoms with Gasteiger partial charge in [-0.2, -0.15) is 0 Å². The Kier molecular flexibility index (Phi) is 8.19. The molecule has 1 aromatic rings. The fraction of sp³-hybridized carbons (Fsp3) is 0.636. The first-order valence-electron chi connectivity index (χ1n) is 10.8. The summed E-state index contributed by atoms with van der Waals surface area (Å²) in [5.41, 5.74) is 1.67. The second kappa shape index (κ2) is 10.8. The fourth-order valence-corrected chi connectivity index (χ4v) is 4.24. The topological polar surface area (TPSA) is 64.7 Å². The summed E-state index contributed by atoms with van der Waals surface area (Å²) in [6.07, 6.45) is 6.37. The molecule has 6 nitrogen and oxygen atoms in total. The molecule has 0 saturated carbocycles. The number of urea groups is 1. The van der Waals surface area contributed by atoms with E-state index in [1.807, 2.05) is 19.1 Å². The standard InChI is InChI=1S/C22H33ClN4O2/c1-17-6-7-19(16-20(17)23)25-22(29)27-14-8-18(9-15-27)21(28)24-10-5-13-26-11-3-2-4-12-26/h6-7,16,18H,2-5,8-15H2,1H3,(H,24,28)(H,25,29). The lowest BCUT2D eigenvalue weighted by molar-refractivity contribution is -0.126. The molecule has 7 heteroatoms. The third-order valence-electron chi connectivity index (χ3n) is 5.98. The van der Waals surface area contributed by atoms with Crippen LogP contribution < -0.4 is 10.6 Å². The highest BCUT2D eigenvalue weighted by molar-refractivity contribution is 6.31. The molecule has 0 aromatic heterocycles. The van der Waals surface area contributed by atoms with Gasteiger partial charge in [0.05, 0.1) is 0 Å². The average molecular weight is 421 g/mol. The van der Waals surface area contributed by atoms with E-state index in [9.17, 15) is 9.59 Å². The van der Waals surface area contributed by atoms with Gasteiger partial charge in [0.25, 0.3) is 0 Å². The molecule has 2 N–H and O–H groups in total. The minimum atomic E-state index is -0.134. The number of rotatable bonds is 6. The highest BCUT2D eigenvalue weighted by Crippen LogP contribution is 2.22. The SMILES string of the molecule is Cc1ccc(NC(=O)N2CCC(C(=O)NCCCN3CCCCC3)CC2)cc1Cl. The van der Waals surface area contributed by atoms with E-state index in [1.165, 1.54) is 32.4 Å². The Bertz CT molecular complexity index is 698. The number of carbonyl (C=O) groups excluding carboxylic acids is 2. The maximum atomic E-state index is 12.5. The van der Waals surface area contributed by atoms with Crippen LogP contribution in [0.1, 0.15) is 44.1 Å². The number of anilines is 1. The zero-order valence-electron chi connectivity index (χ0n) is 17.4. The predicted octanol–water partition coefficient (Wildman–Crippen LogP) is 3.88. The molecule has 0 spiro atoms. The van der Waals surface area contributed by atoms with Gasteiger partial charge in [0.2, 0.25) is 5.91 Å². The van der Waals surface area contributed by atoms with Gasteiger partial charge in [-0.05, 0) is 76.4 Å². The molecular formula is C22H33ClN4O2. The van der Waals surface area contributed by atoms with E-state index >= 15 is 0 Å². The van der Waals surface area contributed by atoms with Crippen molar-refractivity contribution in [1.29, 1.82) is 0 Å². The Labute approximate surface area is 179 Å². The Morgan fingerprint density at radius 1 is 1.10 bits per heavy atom. The lowest BCUT2D eigenvalue weighted by atomic mass is 9.96. The van der Waals surface area contributed by atoms with Crippen molar-refractivity contribution in [2.24, 2.45) is 5.92 Å². The van der Waals surface area contributed by atoms with Crippen LogP contribution in [0.2, 0.25) is 5.02 Å². The van der Waals surface area contributed by atoms with Gasteiger partial charge >= 0.3 is 6.03 Å². The van der Waals surface area contributed by atoms with E-state index < -0.39 is 0 Å². The third-order valence-corrected chi connectivity index (χ3v) is 6.38. The van der Waals surface area contributed by atoms with E-state index in [2.05, 4.69) is 15.5 Å². The fourth-order valence-electron chi connectivity index (χ4n) is 4.06. The molecule has 2 aliphatic rings. The van der Waals surface area contributed by atoms with Crippen molar-refractivity contribution in [3.05, 3.63) is 28.8 Å². The number of amides is 3. The molecule has 2 saturated heterocycles. The third kappa shape index (κ3) is 6.61. The predicted molar refractivity (Wildman–Crippen MR) is 117 cm³/mol. The minimum absolute atomic E-state index is 0.00264. The lowest BCUT2D eigenvalue weighted by Crippen LogP contribution is -2.45. The monoisotopic (exact) mass is 420 g/mol. The van der Waals surface area contributed by atoms with Gasteiger partial charge in [0.15, 0.2) is 0 Å². The second-order valence-corrected chi connectivity index (χ2v) is 8.61. The number of hydrogen-bond donors (Lipinski definition) is 2. The van der Waals surface area contributed by atoms with Crippen LogP contribution in [0.25, 0.3) is 0 Å². The quantitative estimate of drug-likeness (QED) is 0.686. The molecule has 3 amide bonds. The van der Waals surface area contributed by atoms with E-state index in [-0.39, 0.29) is 17.9 Å². The molecule has 1 aromatic carbocycles. The van der Waals surface area contributed by atoms with Crippen molar-refractivity contribution in [3.63, 3.8) is 0 Å². The first-order valence-corrected chi connectivity index (χ1v) is 11.2. The Morgan fingerprint density at radius 3 is 2.52 bits per heavy atom. The van der Waals surface area contributed by atoms with Gasteiger partial charge in [-0.1, -0.05) is 24.1 Å². The normalized spacial score (nSPS) is 18.5. The zero-order chi connectivity index (χ0) is 20.6. The molecular weight excluding hydrogens is 388 g/mol. The average Bonchev–Trinajstić information content (AvgIpc) is 2.74. The van der Waals surface area contributed by atoms with Crippen LogP contribution in [-0.4, -0.2) is 61.0 Å². The van der Waals surface area contributed by atoms with Crippen LogP contribution in [0.4, 0.5) is 10.5 Å². The van der Waals surface area contributed by atoms with Crippen LogP contribution in [-0.2, 0) is 4.79 Å². The van der Waals surface area contributed by atoms with Gasteiger partial charge in [-0.25, -0.2) is 4.79 Å². The van der Waals surface area contributed by atoms with Crippen molar-refractivity contribution >= 4 is 29.2 Å². The molecule has 2 aliphatic heterocycles. The van der Waals surface area contributed by atoms with E-state index in [1.54, 1.807) is 11.0 Å². The van der Waals surface area contributed by atoms with Crippen LogP contribution >= 0.6 is 11.6 Å². The van der Waals surface area contributed by atoms with E-state index in [0.717, 1.165) is 25.1 Å². The zero-order valence-corrected chi connectivity index (χ0v) is 18.1. The summed E-state index contributed by atoms with van der Waals surface area (Å²) in [5.74, 6) is 0.136. The summed E-state index contributed by atoms with van der Waals surface area (Å²) in [6.45, 7) is 7.32. The molecule has 0 radical (unpaired) electrons.